The van der Waals surface area contributed by atoms with Crippen LogP contribution >= 0.6 is 0 Å². The highest BCUT2D eigenvalue weighted by molar-refractivity contribution is 5.61. The molecule has 1 aliphatic rings. The number of imidazole rings is 1. The van der Waals surface area contributed by atoms with Crippen molar-refractivity contribution < 1.29 is 4.39 Å². The van der Waals surface area contributed by atoms with Crippen LogP contribution in [0.15, 0.2) is 49.3 Å². The van der Waals surface area contributed by atoms with Crippen molar-refractivity contribution in [2.24, 2.45) is 7.05 Å². The molecule has 7 nitrogen and oxygen atoms in total. The predicted molar refractivity (Wildman–Crippen MR) is 102 cm³/mol. The van der Waals surface area contributed by atoms with Gasteiger partial charge in [0.2, 0.25) is 0 Å². The van der Waals surface area contributed by atoms with Gasteiger partial charge >= 0.3 is 0 Å². The van der Waals surface area contributed by atoms with Crippen LogP contribution in [-0.4, -0.2) is 34.0 Å². The zero-order valence-electron chi connectivity index (χ0n) is 15.5. The van der Waals surface area contributed by atoms with Crippen LogP contribution in [0.25, 0.3) is 23.0 Å². The molecule has 0 aliphatic carbocycles. The summed E-state index contributed by atoms with van der Waals surface area (Å²) in [6, 6.07) is 5.34. The molecule has 0 amide bonds. The largest absolute Gasteiger partial charge is 0.363 e. The molecule has 0 saturated carbocycles. The summed E-state index contributed by atoms with van der Waals surface area (Å²) >= 11 is 0. The first-order valence-corrected chi connectivity index (χ1v) is 9.00. The van der Waals surface area contributed by atoms with Gasteiger partial charge in [-0.05, 0) is 30.7 Å². The van der Waals surface area contributed by atoms with Crippen LogP contribution < -0.4 is 0 Å². The number of nitrogens with zero attached hydrogens (tertiary/aromatic N) is 7. The van der Waals surface area contributed by atoms with E-state index in [4.69, 9.17) is 0 Å². The molecule has 1 atom stereocenters. The van der Waals surface area contributed by atoms with Gasteiger partial charge in [0.25, 0.3) is 0 Å². The monoisotopic (exact) mass is 375 g/mol. The van der Waals surface area contributed by atoms with Crippen LogP contribution in [0.3, 0.4) is 0 Å². The van der Waals surface area contributed by atoms with Gasteiger partial charge < -0.3 is 9.47 Å². The van der Waals surface area contributed by atoms with Gasteiger partial charge in [0.15, 0.2) is 17.3 Å². The third-order valence-corrected chi connectivity index (χ3v) is 5.06. The van der Waals surface area contributed by atoms with Gasteiger partial charge in [-0.3, -0.25) is 9.38 Å². The molecule has 0 fully saturated rings. The molecule has 8 heteroatoms. The summed E-state index contributed by atoms with van der Waals surface area (Å²) in [5.41, 5.74) is 3.72. The van der Waals surface area contributed by atoms with Gasteiger partial charge in [-0.2, -0.15) is 0 Å². The van der Waals surface area contributed by atoms with E-state index in [2.05, 4.69) is 31.1 Å². The van der Waals surface area contributed by atoms with E-state index in [0.717, 1.165) is 11.3 Å². The van der Waals surface area contributed by atoms with Crippen molar-refractivity contribution in [3.63, 3.8) is 0 Å². The second-order valence-corrected chi connectivity index (χ2v) is 6.96. The molecule has 0 radical (unpaired) electrons. The highest BCUT2D eigenvalue weighted by atomic mass is 19.1. The van der Waals surface area contributed by atoms with Gasteiger partial charge in [0.05, 0.1) is 23.8 Å². The Labute approximate surface area is 160 Å². The topological polar surface area (TPSA) is 64.1 Å². The molecule has 140 valence electrons. The molecule has 1 aliphatic heterocycles. The molecule has 0 saturated heterocycles. The second kappa shape index (κ2) is 6.26. The van der Waals surface area contributed by atoms with E-state index in [1.807, 2.05) is 49.3 Å². The molecule has 4 aromatic heterocycles. The normalized spacial score (nSPS) is 14.5. The highest BCUT2D eigenvalue weighted by Crippen LogP contribution is 2.28. The lowest BCUT2D eigenvalue weighted by Gasteiger charge is -2.29. The molecule has 28 heavy (non-hydrogen) atoms. The average Bonchev–Trinajstić information content (AvgIpc) is 3.33. The standard InChI is InChI=1S/C20H18FN7/c1-13(27-7-5-17-14(9-27)4-3-6-22-17)19-24-25-20-16(21)8-15(10-28(19)20)18-11-26(2)12-23-18/h3-8,10-13H,9H2,1-2H3/t13-/m0/s1. The fourth-order valence-corrected chi connectivity index (χ4v) is 3.52. The summed E-state index contributed by atoms with van der Waals surface area (Å²) in [7, 11) is 1.88. The van der Waals surface area contributed by atoms with E-state index in [0.29, 0.717) is 23.6 Å². The Kier molecular flexibility index (Phi) is 3.71. The van der Waals surface area contributed by atoms with Crippen LogP contribution in [0.5, 0.6) is 0 Å². The number of pyridine rings is 2. The van der Waals surface area contributed by atoms with E-state index in [1.165, 1.54) is 6.07 Å². The molecule has 0 unspecified atom stereocenters. The molecular formula is C20H18FN7. The van der Waals surface area contributed by atoms with Crippen molar-refractivity contribution in [2.45, 2.75) is 19.5 Å². The van der Waals surface area contributed by atoms with Crippen LogP contribution in [0.1, 0.15) is 30.0 Å². The van der Waals surface area contributed by atoms with Crippen LogP contribution in [-0.2, 0) is 13.6 Å². The van der Waals surface area contributed by atoms with Gasteiger partial charge in [0, 0.05) is 43.9 Å². The number of aromatic nitrogens is 6. The van der Waals surface area contributed by atoms with E-state index in [-0.39, 0.29) is 11.7 Å². The van der Waals surface area contributed by atoms with Gasteiger partial charge in [-0.25, -0.2) is 9.37 Å². The summed E-state index contributed by atoms with van der Waals surface area (Å²) in [5, 5.41) is 8.35. The number of halogens is 1. The number of rotatable bonds is 3. The van der Waals surface area contributed by atoms with Crippen LogP contribution in [0.2, 0.25) is 0 Å². The molecule has 0 bridgehead atoms. The minimum Gasteiger partial charge on any atom is -0.363 e. The van der Waals surface area contributed by atoms with E-state index < -0.39 is 5.82 Å². The zero-order chi connectivity index (χ0) is 19.3. The highest BCUT2D eigenvalue weighted by Gasteiger charge is 2.23. The van der Waals surface area contributed by atoms with Crippen molar-refractivity contribution in [3.8, 4) is 11.3 Å². The molecule has 4 aromatic rings. The predicted octanol–water partition coefficient (Wildman–Crippen LogP) is 3.21. The average molecular weight is 375 g/mol. The second-order valence-electron chi connectivity index (χ2n) is 6.96. The molecule has 0 N–H and O–H groups in total. The quantitative estimate of drug-likeness (QED) is 0.550. The number of hydrogen-bond donors (Lipinski definition) is 0. The van der Waals surface area contributed by atoms with E-state index >= 15 is 0 Å². The first-order chi connectivity index (χ1) is 13.6. The van der Waals surface area contributed by atoms with Crippen LogP contribution in [0.4, 0.5) is 4.39 Å². The zero-order valence-corrected chi connectivity index (χ0v) is 15.5. The SMILES string of the molecule is C[C@@H](c1nnc2c(F)cc(-c3cn(C)cn3)cn12)N1C=Cc2ncccc2C1. The first-order valence-electron chi connectivity index (χ1n) is 9.00. The number of fused-ring (bicyclic) bond motifs is 2. The fourth-order valence-electron chi connectivity index (χ4n) is 3.52. The third-order valence-electron chi connectivity index (χ3n) is 5.06. The van der Waals surface area contributed by atoms with Crippen molar-refractivity contribution in [1.29, 1.82) is 0 Å². The molecule has 0 aromatic carbocycles. The number of hydrogen-bond acceptors (Lipinski definition) is 5. The Bertz CT molecular complexity index is 1210. The lowest BCUT2D eigenvalue weighted by molar-refractivity contribution is 0.276. The minimum absolute atomic E-state index is 0.0991. The van der Waals surface area contributed by atoms with Crippen LogP contribution in [0, 0.1) is 5.82 Å². The van der Waals surface area contributed by atoms with Crippen molar-refractivity contribution in [1.82, 2.24) is 34.0 Å². The Hall–Kier alpha value is -3.55. The molecule has 5 rings (SSSR count). The molecular weight excluding hydrogens is 357 g/mol. The van der Waals surface area contributed by atoms with Gasteiger partial charge in [-0.1, -0.05) is 6.07 Å². The van der Waals surface area contributed by atoms with Crippen molar-refractivity contribution in [2.75, 3.05) is 0 Å². The Morgan fingerprint density at radius 2 is 2.07 bits per heavy atom. The third kappa shape index (κ3) is 2.65. The Balaban J connectivity index is 1.55. The van der Waals surface area contributed by atoms with Crippen molar-refractivity contribution >= 4 is 11.7 Å². The molecule has 0 spiro atoms. The smallest absolute Gasteiger partial charge is 0.197 e. The first kappa shape index (κ1) is 16.6. The summed E-state index contributed by atoms with van der Waals surface area (Å²) < 4.78 is 18.2. The van der Waals surface area contributed by atoms with E-state index in [1.54, 1.807) is 16.9 Å². The fraction of sp³-hybridized carbons (Fsp3) is 0.200. The Morgan fingerprint density at radius 3 is 2.89 bits per heavy atom. The maximum absolute atomic E-state index is 14.7. The van der Waals surface area contributed by atoms with Crippen molar-refractivity contribution in [3.05, 3.63) is 72.2 Å². The summed E-state index contributed by atoms with van der Waals surface area (Å²) in [6.45, 7) is 2.74. The maximum Gasteiger partial charge on any atom is 0.197 e. The van der Waals surface area contributed by atoms with Gasteiger partial charge in [-0.15, -0.1) is 10.2 Å². The lowest BCUT2D eigenvalue weighted by Crippen LogP contribution is -2.25. The minimum atomic E-state index is -0.419. The lowest BCUT2D eigenvalue weighted by atomic mass is 10.1. The molecule has 5 heterocycles. The van der Waals surface area contributed by atoms with E-state index in [9.17, 15) is 4.39 Å². The number of aryl methyl sites for hydroxylation is 1. The summed E-state index contributed by atoms with van der Waals surface area (Å²) in [5.74, 6) is 0.251. The maximum atomic E-state index is 14.7. The van der Waals surface area contributed by atoms with Gasteiger partial charge in [0.1, 0.15) is 0 Å². The summed E-state index contributed by atoms with van der Waals surface area (Å²) in [4.78, 5) is 10.8. The Morgan fingerprint density at radius 1 is 1.18 bits per heavy atom. The summed E-state index contributed by atoms with van der Waals surface area (Å²) in [6.07, 6.45) is 11.2.